The summed E-state index contributed by atoms with van der Waals surface area (Å²) in [5.41, 5.74) is 1.57. The van der Waals surface area contributed by atoms with Gasteiger partial charge in [0.2, 0.25) is 5.82 Å². The number of carbonyl (C=O) groups excluding carboxylic acids is 1. The Morgan fingerprint density at radius 3 is 2.52 bits per heavy atom. The van der Waals surface area contributed by atoms with Gasteiger partial charge in [-0.1, -0.05) is 5.16 Å². The highest BCUT2D eigenvalue weighted by Crippen LogP contribution is 2.20. The van der Waals surface area contributed by atoms with Crippen molar-refractivity contribution in [3.05, 3.63) is 65.5 Å². The van der Waals surface area contributed by atoms with E-state index in [0.29, 0.717) is 17.0 Å². The molecule has 0 bridgehead atoms. The molecule has 0 spiro atoms. The fourth-order valence-electron chi connectivity index (χ4n) is 2.06. The molecule has 0 radical (unpaired) electrons. The van der Waals surface area contributed by atoms with Gasteiger partial charge in [-0.15, -0.1) is 0 Å². The third-order valence-corrected chi connectivity index (χ3v) is 3.39. The average molecular weight is 335 g/mol. The van der Waals surface area contributed by atoms with Gasteiger partial charge in [-0.2, -0.15) is 10.2 Å². The predicted octanol–water partition coefficient (Wildman–Crippen LogP) is 2.97. The van der Waals surface area contributed by atoms with Crippen LogP contribution in [0, 0.1) is 11.3 Å². The van der Waals surface area contributed by atoms with E-state index in [2.05, 4.69) is 10.1 Å². The Morgan fingerprint density at radius 1 is 1.16 bits per heavy atom. The number of carbonyl (C=O) groups is 1. The average Bonchev–Trinajstić information content (AvgIpc) is 3.15. The lowest BCUT2D eigenvalue weighted by molar-refractivity contribution is 0.0430. The van der Waals surface area contributed by atoms with Crippen LogP contribution in [-0.4, -0.2) is 23.2 Å². The maximum Gasteiger partial charge on any atom is 0.338 e. The van der Waals surface area contributed by atoms with Crippen LogP contribution in [-0.2, 0) is 11.3 Å². The monoisotopic (exact) mass is 335 g/mol. The summed E-state index contributed by atoms with van der Waals surface area (Å²) in [6.07, 6.45) is 0. The van der Waals surface area contributed by atoms with Crippen molar-refractivity contribution in [2.45, 2.75) is 6.61 Å². The normalized spacial score (nSPS) is 10.1. The number of methoxy groups -OCH3 is 1. The quantitative estimate of drug-likeness (QED) is 0.661. The van der Waals surface area contributed by atoms with Crippen LogP contribution in [0.4, 0.5) is 0 Å². The van der Waals surface area contributed by atoms with Crippen LogP contribution < -0.4 is 4.74 Å². The number of hydrogen-bond donors (Lipinski definition) is 0. The molecule has 0 N–H and O–H groups in total. The number of nitrogens with zero attached hydrogens (tertiary/aromatic N) is 3. The van der Waals surface area contributed by atoms with Crippen LogP contribution in [0.3, 0.4) is 0 Å². The standard InChI is InChI=1S/C18H13N3O4/c1-23-15-8-6-13(7-9-15)17-20-16(25-21-17)11-24-18(22)14-4-2-12(10-19)3-5-14/h2-9H,11H2,1H3. The number of benzene rings is 2. The molecular weight excluding hydrogens is 322 g/mol. The summed E-state index contributed by atoms with van der Waals surface area (Å²) in [4.78, 5) is 16.1. The van der Waals surface area contributed by atoms with Crippen LogP contribution in [0.2, 0.25) is 0 Å². The first-order valence-electron chi connectivity index (χ1n) is 7.34. The van der Waals surface area contributed by atoms with Gasteiger partial charge in [-0.3, -0.25) is 0 Å². The van der Waals surface area contributed by atoms with Gasteiger partial charge in [0.15, 0.2) is 6.61 Å². The molecule has 0 unspecified atom stereocenters. The molecule has 1 heterocycles. The number of aromatic nitrogens is 2. The van der Waals surface area contributed by atoms with Gasteiger partial charge in [-0.25, -0.2) is 4.79 Å². The highest BCUT2D eigenvalue weighted by Gasteiger charge is 2.12. The summed E-state index contributed by atoms with van der Waals surface area (Å²) in [6.45, 7) is -0.137. The zero-order chi connectivity index (χ0) is 17.6. The molecule has 25 heavy (non-hydrogen) atoms. The first-order valence-corrected chi connectivity index (χ1v) is 7.34. The van der Waals surface area contributed by atoms with Crippen molar-refractivity contribution in [2.75, 3.05) is 7.11 Å². The molecule has 0 saturated carbocycles. The van der Waals surface area contributed by atoms with Crippen molar-refractivity contribution in [3.8, 4) is 23.2 Å². The van der Waals surface area contributed by atoms with E-state index in [1.54, 1.807) is 43.5 Å². The summed E-state index contributed by atoms with van der Waals surface area (Å²) >= 11 is 0. The SMILES string of the molecule is COc1ccc(-c2noc(COC(=O)c3ccc(C#N)cc3)n2)cc1. The molecular formula is C18H13N3O4. The molecule has 0 aliphatic rings. The molecule has 7 nitrogen and oxygen atoms in total. The van der Waals surface area contributed by atoms with Gasteiger partial charge in [0.05, 0.1) is 24.3 Å². The number of rotatable bonds is 5. The Balaban J connectivity index is 1.62. The lowest BCUT2D eigenvalue weighted by atomic mass is 10.1. The Kier molecular flexibility index (Phi) is 4.72. The first-order chi connectivity index (χ1) is 12.2. The summed E-state index contributed by atoms with van der Waals surface area (Å²) in [6, 6.07) is 15.3. The molecule has 0 saturated heterocycles. The van der Waals surface area contributed by atoms with E-state index in [4.69, 9.17) is 19.3 Å². The molecule has 2 aromatic carbocycles. The van der Waals surface area contributed by atoms with Crippen LogP contribution in [0.15, 0.2) is 53.1 Å². The molecule has 0 amide bonds. The Labute approximate surface area is 143 Å². The zero-order valence-corrected chi connectivity index (χ0v) is 13.3. The molecule has 7 heteroatoms. The van der Waals surface area contributed by atoms with Gasteiger partial charge >= 0.3 is 5.97 Å². The summed E-state index contributed by atoms with van der Waals surface area (Å²) in [5.74, 6) is 0.775. The van der Waals surface area contributed by atoms with Crippen LogP contribution in [0.5, 0.6) is 5.75 Å². The second kappa shape index (κ2) is 7.27. The number of esters is 1. The zero-order valence-electron chi connectivity index (χ0n) is 13.3. The lowest BCUT2D eigenvalue weighted by Gasteiger charge is -2.01. The minimum atomic E-state index is -0.534. The maximum atomic E-state index is 12.0. The fraction of sp³-hybridized carbons (Fsp3) is 0.111. The van der Waals surface area contributed by atoms with Crippen molar-refractivity contribution in [2.24, 2.45) is 0 Å². The van der Waals surface area contributed by atoms with Crippen molar-refractivity contribution < 1.29 is 18.8 Å². The van der Waals surface area contributed by atoms with E-state index in [0.717, 1.165) is 11.3 Å². The van der Waals surface area contributed by atoms with Crippen molar-refractivity contribution >= 4 is 5.97 Å². The smallest absolute Gasteiger partial charge is 0.338 e. The fourth-order valence-corrected chi connectivity index (χ4v) is 2.06. The molecule has 0 fully saturated rings. The lowest BCUT2D eigenvalue weighted by Crippen LogP contribution is -2.05. The minimum absolute atomic E-state index is 0.137. The highest BCUT2D eigenvalue weighted by atomic mass is 16.6. The van der Waals surface area contributed by atoms with E-state index in [9.17, 15) is 4.79 Å². The van der Waals surface area contributed by atoms with Gasteiger partial charge in [0, 0.05) is 5.56 Å². The molecule has 124 valence electrons. The third-order valence-electron chi connectivity index (χ3n) is 3.39. The Bertz CT molecular complexity index is 909. The molecule has 0 aliphatic carbocycles. The van der Waals surface area contributed by atoms with Crippen LogP contribution in [0.25, 0.3) is 11.4 Å². The van der Waals surface area contributed by atoms with Gasteiger partial charge in [0.25, 0.3) is 5.89 Å². The highest BCUT2D eigenvalue weighted by molar-refractivity contribution is 5.89. The molecule has 1 aromatic heterocycles. The second-order valence-electron chi connectivity index (χ2n) is 5.01. The summed E-state index contributed by atoms with van der Waals surface area (Å²) in [7, 11) is 1.59. The number of hydrogen-bond acceptors (Lipinski definition) is 7. The van der Waals surface area contributed by atoms with Gasteiger partial charge in [0.1, 0.15) is 5.75 Å². The third kappa shape index (κ3) is 3.82. The Hall–Kier alpha value is -3.66. The molecule has 0 aliphatic heterocycles. The molecule has 3 rings (SSSR count). The van der Waals surface area contributed by atoms with Gasteiger partial charge < -0.3 is 14.0 Å². The number of nitriles is 1. The first kappa shape index (κ1) is 16.2. The van der Waals surface area contributed by atoms with E-state index >= 15 is 0 Å². The van der Waals surface area contributed by atoms with E-state index in [1.165, 1.54) is 12.1 Å². The topological polar surface area (TPSA) is 98.2 Å². The number of ether oxygens (including phenoxy) is 2. The predicted molar refractivity (Wildman–Crippen MR) is 86.6 cm³/mol. The van der Waals surface area contributed by atoms with Crippen LogP contribution >= 0.6 is 0 Å². The van der Waals surface area contributed by atoms with Crippen molar-refractivity contribution in [1.29, 1.82) is 5.26 Å². The summed E-state index contributed by atoms with van der Waals surface area (Å²) < 4.78 is 15.3. The second-order valence-corrected chi connectivity index (χ2v) is 5.01. The van der Waals surface area contributed by atoms with Crippen molar-refractivity contribution in [1.82, 2.24) is 10.1 Å². The largest absolute Gasteiger partial charge is 0.497 e. The van der Waals surface area contributed by atoms with Gasteiger partial charge in [-0.05, 0) is 48.5 Å². The molecule has 3 aromatic rings. The van der Waals surface area contributed by atoms with Crippen molar-refractivity contribution in [3.63, 3.8) is 0 Å². The minimum Gasteiger partial charge on any atom is -0.497 e. The van der Waals surface area contributed by atoms with E-state index in [-0.39, 0.29) is 12.5 Å². The van der Waals surface area contributed by atoms with E-state index < -0.39 is 5.97 Å². The van der Waals surface area contributed by atoms with Crippen LogP contribution in [0.1, 0.15) is 21.8 Å². The van der Waals surface area contributed by atoms with E-state index in [1.807, 2.05) is 6.07 Å². The maximum absolute atomic E-state index is 12.0. The Morgan fingerprint density at radius 2 is 1.88 bits per heavy atom. The molecule has 0 atom stereocenters. The summed E-state index contributed by atoms with van der Waals surface area (Å²) in [5, 5.41) is 12.6.